The van der Waals surface area contributed by atoms with Crippen LogP contribution in [0.15, 0.2) is 0 Å². The summed E-state index contributed by atoms with van der Waals surface area (Å²) in [4.78, 5) is 0. The molecule has 0 aromatic carbocycles. The quantitative estimate of drug-likeness (QED) is 0.359. The van der Waals surface area contributed by atoms with E-state index in [0.29, 0.717) is 19.3 Å². The lowest BCUT2D eigenvalue weighted by Crippen LogP contribution is -2.03. The summed E-state index contributed by atoms with van der Waals surface area (Å²) in [5.74, 6) is 7.06. The van der Waals surface area contributed by atoms with Crippen LogP contribution in [0.1, 0.15) is 19.3 Å². The van der Waals surface area contributed by atoms with E-state index >= 15 is 0 Å². The predicted molar refractivity (Wildman–Crippen MR) is 65.8 cm³/mol. The SMILES string of the molecule is C#CCCOP(=O)(OCCC#C)OCCC#C. The summed E-state index contributed by atoms with van der Waals surface area (Å²) < 4.78 is 26.9. The predicted octanol–water partition coefficient (Wildman–Crippen LogP) is 2.21. The third-order valence-corrected chi connectivity index (χ3v) is 2.98. The van der Waals surface area contributed by atoms with Crippen molar-refractivity contribution in [1.29, 1.82) is 0 Å². The average molecular weight is 254 g/mol. The summed E-state index contributed by atoms with van der Waals surface area (Å²) in [6, 6.07) is 0. The van der Waals surface area contributed by atoms with E-state index in [4.69, 9.17) is 32.8 Å². The van der Waals surface area contributed by atoms with E-state index in [9.17, 15) is 4.57 Å². The van der Waals surface area contributed by atoms with Crippen LogP contribution >= 0.6 is 7.82 Å². The van der Waals surface area contributed by atoms with Gasteiger partial charge in [0.25, 0.3) is 0 Å². The van der Waals surface area contributed by atoms with Gasteiger partial charge in [0.2, 0.25) is 0 Å². The molecular weight excluding hydrogens is 239 g/mol. The second-order valence-electron chi connectivity index (χ2n) is 2.81. The topological polar surface area (TPSA) is 44.8 Å². The Balaban J connectivity index is 4.16. The van der Waals surface area contributed by atoms with Crippen LogP contribution in [0.25, 0.3) is 0 Å². The average Bonchev–Trinajstić information content (AvgIpc) is 2.30. The molecule has 0 amide bonds. The Hall–Kier alpha value is -1.21. The molecule has 0 rings (SSSR count). The van der Waals surface area contributed by atoms with Gasteiger partial charge in [-0.1, -0.05) is 0 Å². The van der Waals surface area contributed by atoms with Crippen molar-refractivity contribution in [2.75, 3.05) is 19.8 Å². The smallest absolute Gasteiger partial charge is 0.286 e. The van der Waals surface area contributed by atoms with E-state index in [0.717, 1.165) is 0 Å². The highest BCUT2D eigenvalue weighted by molar-refractivity contribution is 7.48. The first-order valence-corrected chi connectivity index (χ1v) is 6.48. The van der Waals surface area contributed by atoms with E-state index < -0.39 is 7.82 Å². The Labute approximate surface area is 103 Å². The van der Waals surface area contributed by atoms with Gasteiger partial charge in [0.1, 0.15) is 0 Å². The van der Waals surface area contributed by atoms with Crippen LogP contribution in [-0.4, -0.2) is 19.8 Å². The highest BCUT2D eigenvalue weighted by atomic mass is 31.2. The highest BCUT2D eigenvalue weighted by Crippen LogP contribution is 2.49. The number of phosphoric acid groups is 1. The van der Waals surface area contributed by atoms with Crippen LogP contribution in [-0.2, 0) is 18.1 Å². The first kappa shape index (κ1) is 15.8. The fourth-order valence-electron chi connectivity index (χ4n) is 0.761. The molecule has 92 valence electrons. The molecule has 0 heterocycles. The molecule has 0 saturated carbocycles. The van der Waals surface area contributed by atoms with E-state index in [1.54, 1.807) is 0 Å². The summed E-state index contributed by atoms with van der Waals surface area (Å²) in [5.41, 5.74) is 0. The molecule has 0 spiro atoms. The maximum atomic E-state index is 12.0. The minimum Gasteiger partial charge on any atom is -0.286 e. The fourth-order valence-corrected chi connectivity index (χ4v) is 1.93. The molecule has 0 unspecified atom stereocenters. The van der Waals surface area contributed by atoms with Crippen LogP contribution in [0, 0.1) is 37.0 Å². The first-order chi connectivity index (χ1) is 8.18. The van der Waals surface area contributed by atoms with Gasteiger partial charge in [0, 0.05) is 19.3 Å². The number of hydrogen-bond donors (Lipinski definition) is 0. The number of terminal acetylenes is 3. The van der Waals surface area contributed by atoms with Crippen molar-refractivity contribution in [3.8, 4) is 37.0 Å². The molecule has 0 aliphatic heterocycles. The molecule has 0 bridgehead atoms. The number of phosphoric ester groups is 1. The molecular formula is C12H15O4P. The van der Waals surface area contributed by atoms with Crippen LogP contribution in [0.4, 0.5) is 0 Å². The molecule has 0 radical (unpaired) electrons. The van der Waals surface area contributed by atoms with Crippen molar-refractivity contribution in [3.63, 3.8) is 0 Å². The molecule has 0 atom stereocenters. The van der Waals surface area contributed by atoms with Gasteiger partial charge in [0.15, 0.2) is 0 Å². The molecule has 0 aliphatic rings. The van der Waals surface area contributed by atoms with Gasteiger partial charge in [-0.3, -0.25) is 13.6 Å². The van der Waals surface area contributed by atoms with E-state index in [2.05, 4.69) is 17.8 Å². The van der Waals surface area contributed by atoms with Gasteiger partial charge in [-0.2, -0.15) is 0 Å². The number of hydrogen-bond acceptors (Lipinski definition) is 4. The normalized spacial score (nSPS) is 10.2. The standard InChI is InChI=1S/C12H15O4P/c1-4-7-10-14-17(13,15-11-8-5-2)16-12-9-6-3/h1-3H,7-12H2. The van der Waals surface area contributed by atoms with Crippen molar-refractivity contribution in [2.24, 2.45) is 0 Å². The Morgan fingerprint density at radius 1 is 0.765 bits per heavy atom. The zero-order valence-corrected chi connectivity index (χ0v) is 10.4. The second-order valence-corrected chi connectivity index (χ2v) is 4.48. The Bertz CT molecular complexity index is 312. The molecule has 0 saturated heterocycles. The summed E-state index contributed by atoms with van der Waals surface area (Å²) in [7, 11) is -3.60. The molecule has 0 aromatic rings. The molecule has 0 fully saturated rings. The zero-order chi connectivity index (χ0) is 13.0. The van der Waals surface area contributed by atoms with Crippen LogP contribution in [0.2, 0.25) is 0 Å². The largest absolute Gasteiger partial charge is 0.474 e. The van der Waals surface area contributed by atoms with Gasteiger partial charge < -0.3 is 0 Å². The maximum Gasteiger partial charge on any atom is 0.474 e. The second kappa shape index (κ2) is 9.98. The van der Waals surface area contributed by atoms with Crippen molar-refractivity contribution < 1.29 is 18.1 Å². The van der Waals surface area contributed by atoms with Crippen LogP contribution < -0.4 is 0 Å². The van der Waals surface area contributed by atoms with Crippen molar-refractivity contribution in [2.45, 2.75) is 19.3 Å². The van der Waals surface area contributed by atoms with E-state index in [1.165, 1.54) is 0 Å². The zero-order valence-electron chi connectivity index (χ0n) is 9.55. The molecule has 17 heavy (non-hydrogen) atoms. The van der Waals surface area contributed by atoms with E-state index in [-0.39, 0.29) is 19.8 Å². The molecule has 0 N–H and O–H groups in total. The van der Waals surface area contributed by atoms with Gasteiger partial charge in [0.05, 0.1) is 19.8 Å². The lowest BCUT2D eigenvalue weighted by Gasteiger charge is -2.16. The van der Waals surface area contributed by atoms with Gasteiger partial charge in [-0.05, 0) is 0 Å². The molecule has 4 nitrogen and oxygen atoms in total. The summed E-state index contributed by atoms with van der Waals surface area (Å²) in [5, 5.41) is 0. The van der Waals surface area contributed by atoms with Gasteiger partial charge in [-0.25, -0.2) is 4.57 Å². The molecule has 0 aliphatic carbocycles. The molecule has 0 aromatic heterocycles. The van der Waals surface area contributed by atoms with Crippen LogP contribution in [0.3, 0.4) is 0 Å². The lowest BCUT2D eigenvalue weighted by molar-refractivity contribution is 0.118. The Kier molecular flexibility index (Phi) is 9.27. The Morgan fingerprint density at radius 3 is 1.29 bits per heavy atom. The third-order valence-electron chi connectivity index (χ3n) is 1.49. The van der Waals surface area contributed by atoms with E-state index in [1.807, 2.05) is 0 Å². The van der Waals surface area contributed by atoms with Gasteiger partial charge >= 0.3 is 7.82 Å². The summed E-state index contributed by atoms with van der Waals surface area (Å²) in [6.07, 6.45) is 16.1. The van der Waals surface area contributed by atoms with Crippen LogP contribution in [0.5, 0.6) is 0 Å². The molecule has 5 heteroatoms. The maximum absolute atomic E-state index is 12.0. The lowest BCUT2D eigenvalue weighted by atomic mass is 10.5. The minimum atomic E-state index is -3.60. The summed E-state index contributed by atoms with van der Waals surface area (Å²) in [6.45, 7) is 0.291. The minimum absolute atomic E-state index is 0.0971. The highest BCUT2D eigenvalue weighted by Gasteiger charge is 2.25. The monoisotopic (exact) mass is 254 g/mol. The summed E-state index contributed by atoms with van der Waals surface area (Å²) >= 11 is 0. The van der Waals surface area contributed by atoms with Crippen molar-refractivity contribution in [3.05, 3.63) is 0 Å². The van der Waals surface area contributed by atoms with Crippen molar-refractivity contribution in [1.82, 2.24) is 0 Å². The first-order valence-electron chi connectivity index (χ1n) is 5.02. The number of rotatable bonds is 9. The van der Waals surface area contributed by atoms with Crippen molar-refractivity contribution >= 4 is 7.82 Å². The van der Waals surface area contributed by atoms with Gasteiger partial charge in [-0.15, -0.1) is 37.0 Å². The fraction of sp³-hybridized carbons (Fsp3) is 0.500. The Morgan fingerprint density at radius 2 is 1.06 bits per heavy atom. The third kappa shape index (κ3) is 8.58.